The zero-order valence-electron chi connectivity index (χ0n) is 15.7. The highest BCUT2D eigenvalue weighted by molar-refractivity contribution is 7.89. The third-order valence-corrected chi connectivity index (χ3v) is 6.26. The molecule has 2 aromatic carbocycles. The molecule has 0 heterocycles. The third-order valence-electron chi connectivity index (χ3n) is 4.22. The summed E-state index contributed by atoms with van der Waals surface area (Å²) in [5.41, 5.74) is 1.29. The van der Waals surface area contributed by atoms with Gasteiger partial charge in [0.05, 0.1) is 16.9 Å². The van der Waals surface area contributed by atoms with Gasteiger partial charge in [0.1, 0.15) is 5.75 Å². The van der Waals surface area contributed by atoms with E-state index < -0.39 is 14.9 Å². The second kappa shape index (κ2) is 8.36. The first-order valence-corrected chi connectivity index (χ1v) is 9.74. The van der Waals surface area contributed by atoms with Gasteiger partial charge >= 0.3 is 0 Å². The number of nitro groups is 1. The SMILES string of the molecule is COc1ccc([N+](=O)[O-])cc1CNc1ccc(S(=O)(=O)N(C)C(C)C)cc1. The van der Waals surface area contributed by atoms with Crippen molar-refractivity contribution in [3.63, 3.8) is 0 Å². The molecule has 0 amide bonds. The van der Waals surface area contributed by atoms with Crippen LogP contribution in [-0.4, -0.2) is 37.8 Å². The Bertz CT molecular complexity index is 911. The van der Waals surface area contributed by atoms with Gasteiger partial charge in [0, 0.05) is 43.0 Å². The first kappa shape index (κ1) is 20.7. The molecule has 9 heteroatoms. The number of nitro benzene ring substituents is 1. The van der Waals surface area contributed by atoms with Crippen LogP contribution in [-0.2, 0) is 16.6 Å². The summed E-state index contributed by atoms with van der Waals surface area (Å²) in [5.74, 6) is 0.533. The molecule has 0 aliphatic rings. The first-order chi connectivity index (χ1) is 12.7. The number of benzene rings is 2. The minimum Gasteiger partial charge on any atom is -0.496 e. The highest BCUT2D eigenvalue weighted by Gasteiger charge is 2.22. The number of rotatable bonds is 8. The van der Waals surface area contributed by atoms with Gasteiger partial charge in [-0.1, -0.05) is 0 Å². The minimum atomic E-state index is -3.54. The lowest BCUT2D eigenvalue weighted by Gasteiger charge is -2.21. The second-order valence-corrected chi connectivity index (χ2v) is 8.24. The highest BCUT2D eigenvalue weighted by Crippen LogP contribution is 2.25. The first-order valence-electron chi connectivity index (χ1n) is 8.30. The molecular weight excluding hydrogens is 370 g/mol. The van der Waals surface area contributed by atoms with E-state index >= 15 is 0 Å². The van der Waals surface area contributed by atoms with Crippen molar-refractivity contribution >= 4 is 21.4 Å². The molecular formula is C18H23N3O5S. The Morgan fingerprint density at radius 2 is 1.81 bits per heavy atom. The van der Waals surface area contributed by atoms with Crippen molar-refractivity contribution in [1.82, 2.24) is 4.31 Å². The Labute approximate surface area is 159 Å². The van der Waals surface area contributed by atoms with Crippen LogP contribution in [0.1, 0.15) is 19.4 Å². The largest absolute Gasteiger partial charge is 0.496 e. The number of ether oxygens (including phenoxy) is 1. The molecule has 0 aromatic heterocycles. The van der Waals surface area contributed by atoms with E-state index in [0.717, 1.165) is 0 Å². The molecule has 0 saturated carbocycles. The molecule has 2 aromatic rings. The van der Waals surface area contributed by atoms with Crippen LogP contribution < -0.4 is 10.1 Å². The molecule has 1 N–H and O–H groups in total. The zero-order valence-corrected chi connectivity index (χ0v) is 16.5. The topological polar surface area (TPSA) is 102 Å². The van der Waals surface area contributed by atoms with Crippen LogP contribution in [0.3, 0.4) is 0 Å². The number of anilines is 1. The minimum absolute atomic E-state index is 0.0224. The normalized spacial score (nSPS) is 11.6. The van der Waals surface area contributed by atoms with E-state index in [9.17, 15) is 18.5 Å². The van der Waals surface area contributed by atoms with Gasteiger partial charge in [-0.2, -0.15) is 4.31 Å². The van der Waals surface area contributed by atoms with Gasteiger partial charge in [-0.05, 0) is 44.2 Å². The molecule has 0 radical (unpaired) electrons. The molecule has 8 nitrogen and oxygen atoms in total. The van der Waals surface area contributed by atoms with Crippen molar-refractivity contribution in [2.45, 2.75) is 31.3 Å². The standard InChI is InChI=1S/C18H23N3O5S/c1-13(2)20(3)27(24,25)17-8-5-15(6-9-17)19-12-14-11-16(21(22)23)7-10-18(14)26-4/h5-11,13,19H,12H2,1-4H3. The molecule has 0 bridgehead atoms. The predicted molar refractivity (Wildman–Crippen MR) is 104 cm³/mol. The fourth-order valence-electron chi connectivity index (χ4n) is 2.40. The maximum Gasteiger partial charge on any atom is 0.270 e. The lowest BCUT2D eigenvalue weighted by Crippen LogP contribution is -2.33. The van der Waals surface area contributed by atoms with Gasteiger partial charge in [-0.15, -0.1) is 0 Å². The smallest absolute Gasteiger partial charge is 0.270 e. The van der Waals surface area contributed by atoms with E-state index in [-0.39, 0.29) is 16.6 Å². The molecule has 0 saturated heterocycles. The fourth-order valence-corrected chi connectivity index (χ4v) is 3.77. The van der Waals surface area contributed by atoms with Crippen LogP contribution in [0, 0.1) is 10.1 Å². The van der Waals surface area contributed by atoms with Gasteiger partial charge in [0.25, 0.3) is 5.69 Å². The maximum atomic E-state index is 12.5. The van der Waals surface area contributed by atoms with Crippen LogP contribution in [0.4, 0.5) is 11.4 Å². The molecule has 146 valence electrons. The summed E-state index contributed by atoms with van der Waals surface area (Å²) in [4.78, 5) is 10.7. The van der Waals surface area contributed by atoms with Crippen LogP contribution in [0.2, 0.25) is 0 Å². The molecule has 0 atom stereocenters. The average molecular weight is 393 g/mol. The van der Waals surface area contributed by atoms with Crippen molar-refractivity contribution < 1.29 is 18.1 Å². The molecule has 0 spiro atoms. The quantitative estimate of drug-likeness (QED) is 0.546. The molecule has 27 heavy (non-hydrogen) atoms. The molecule has 2 rings (SSSR count). The van der Waals surface area contributed by atoms with Crippen LogP contribution in [0.5, 0.6) is 5.75 Å². The molecule has 0 aliphatic carbocycles. The maximum absolute atomic E-state index is 12.5. The van der Waals surface area contributed by atoms with Crippen molar-refractivity contribution in [2.24, 2.45) is 0 Å². The van der Waals surface area contributed by atoms with Crippen molar-refractivity contribution in [3.8, 4) is 5.75 Å². The number of nitrogens with zero attached hydrogens (tertiary/aromatic N) is 2. The number of hydrogen-bond donors (Lipinski definition) is 1. The Balaban J connectivity index is 2.16. The van der Waals surface area contributed by atoms with E-state index in [1.165, 1.54) is 35.7 Å². The summed E-state index contributed by atoms with van der Waals surface area (Å²) in [6.45, 7) is 3.91. The van der Waals surface area contributed by atoms with Crippen LogP contribution in [0.25, 0.3) is 0 Å². The Hall–Kier alpha value is -2.65. The monoisotopic (exact) mass is 393 g/mol. The van der Waals surface area contributed by atoms with E-state index in [1.54, 1.807) is 39.1 Å². The summed E-state index contributed by atoms with van der Waals surface area (Å²) < 4.78 is 31.5. The zero-order chi connectivity index (χ0) is 20.2. The Morgan fingerprint density at radius 3 is 2.33 bits per heavy atom. The summed E-state index contributed by atoms with van der Waals surface area (Å²) >= 11 is 0. The summed E-state index contributed by atoms with van der Waals surface area (Å²) in [6.07, 6.45) is 0. The van der Waals surface area contributed by atoms with Crippen molar-refractivity contribution in [2.75, 3.05) is 19.5 Å². The lowest BCUT2D eigenvalue weighted by atomic mass is 10.1. The Morgan fingerprint density at radius 1 is 1.19 bits per heavy atom. The summed E-state index contributed by atoms with van der Waals surface area (Å²) in [7, 11) is -0.499. The third kappa shape index (κ3) is 4.75. The molecule has 0 aliphatic heterocycles. The second-order valence-electron chi connectivity index (χ2n) is 6.25. The molecule has 0 unspecified atom stereocenters. The van der Waals surface area contributed by atoms with Gasteiger partial charge in [-0.3, -0.25) is 10.1 Å². The van der Waals surface area contributed by atoms with E-state index in [1.807, 2.05) is 0 Å². The van der Waals surface area contributed by atoms with Gasteiger partial charge in [-0.25, -0.2) is 8.42 Å². The highest BCUT2D eigenvalue weighted by atomic mass is 32.2. The van der Waals surface area contributed by atoms with Crippen LogP contribution in [0.15, 0.2) is 47.4 Å². The Kier molecular flexibility index (Phi) is 6.40. The number of nitrogens with one attached hydrogen (secondary N) is 1. The number of methoxy groups -OCH3 is 1. The fraction of sp³-hybridized carbons (Fsp3) is 0.333. The van der Waals surface area contributed by atoms with E-state index in [2.05, 4.69) is 5.32 Å². The summed E-state index contributed by atoms with van der Waals surface area (Å²) in [5, 5.41) is 14.1. The molecule has 0 fully saturated rings. The number of sulfonamides is 1. The van der Waals surface area contributed by atoms with Gasteiger partial charge in [0.15, 0.2) is 0 Å². The van der Waals surface area contributed by atoms with Gasteiger partial charge in [0.2, 0.25) is 10.0 Å². The van der Waals surface area contributed by atoms with E-state index in [0.29, 0.717) is 23.5 Å². The van der Waals surface area contributed by atoms with Gasteiger partial charge < -0.3 is 10.1 Å². The van der Waals surface area contributed by atoms with Crippen molar-refractivity contribution in [1.29, 1.82) is 0 Å². The van der Waals surface area contributed by atoms with E-state index in [4.69, 9.17) is 4.74 Å². The summed E-state index contributed by atoms with van der Waals surface area (Å²) in [6, 6.07) is 10.6. The number of non-ortho nitro benzene ring substituents is 1. The predicted octanol–water partition coefficient (Wildman–Crippen LogP) is 3.24. The van der Waals surface area contributed by atoms with Crippen LogP contribution >= 0.6 is 0 Å². The lowest BCUT2D eigenvalue weighted by molar-refractivity contribution is -0.384. The van der Waals surface area contributed by atoms with Crippen molar-refractivity contribution in [3.05, 3.63) is 58.1 Å². The number of hydrogen-bond acceptors (Lipinski definition) is 6. The average Bonchev–Trinajstić information content (AvgIpc) is 2.65.